The van der Waals surface area contributed by atoms with Gasteiger partial charge in [-0.2, -0.15) is 0 Å². The lowest BCUT2D eigenvalue weighted by molar-refractivity contribution is -0.159. The summed E-state index contributed by atoms with van der Waals surface area (Å²) in [5.41, 5.74) is 7.80. The van der Waals surface area contributed by atoms with E-state index in [-0.39, 0.29) is 6.42 Å². The van der Waals surface area contributed by atoms with Crippen molar-refractivity contribution in [3.8, 4) is 11.1 Å². The molecule has 4 rings (SSSR count). The zero-order valence-electron chi connectivity index (χ0n) is 25.4. The minimum absolute atomic E-state index is 0.195. The summed E-state index contributed by atoms with van der Waals surface area (Å²) in [7, 11) is 0. The lowest BCUT2D eigenvalue weighted by atomic mass is 9.90. The SMILES string of the molecule is CC(C)(C)OC(=O)C(CCCCN)NC(=O)C(C)(Cc1c[nH]c2ccccc12)NC(=O)c1ccc(-c2ccccc2)cc1. The van der Waals surface area contributed by atoms with Crippen molar-refractivity contribution >= 4 is 28.7 Å². The van der Waals surface area contributed by atoms with Crippen LogP contribution in [0.1, 0.15) is 62.9 Å². The number of ether oxygens (including phenoxy) is 1. The number of fused-ring (bicyclic) bond motifs is 1. The molecular formula is C35H42N4O4. The number of amides is 2. The molecule has 1 aromatic heterocycles. The second-order valence-corrected chi connectivity index (χ2v) is 12.1. The van der Waals surface area contributed by atoms with Crippen LogP contribution in [0.15, 0.2) is 85.1 Å². The number of hydrogen-bond donors (Lipinski definition) is 4. The highest BCUT2D eigenvalue weighted by molar-refractivity contribution is 6.00. The molecule has 226 valence electrons. The van der Waals surface area contributed by atoms with Crippen molar-refractivity contribution in [2.75, 3.05) is 6.54 Å². The number of aromatic nitrogens is 1. The molecule has 5 N–H and O–H groups in total. The smallest absolute Gasteiger partial charge is 0.329 e. The maximum atomic E-state index is 14.1. The summed E-state index contributed by atoms with van der Waals surface area (Å²) >= 11 is 0. The molecule has 0 spiro atoms. The second-order valence-electron chi connectivity index (χ2n) is 12.1. The number of nitrogens with two attached hydrogens (primary N) is 1. The number of para-hydroxylation sites is 1. The van der Waals surface area contributed by atoms with Crippen molar-refractivity contribution in [3.05, 3.63) is 96.2 Å². The van der Waals surface area contributed by atoms with Crippen molar-refractivity contribution in [1.29, 1.82) is 0 Å². The molecule has 4 aromatic rings. The van der Waals surface area contributed by atoms with Crippen LogP contribution in [0, 0.1) is 0 Å². The first-order chi connectivity index (χ1) is 20.5. The first-order valence-corrected chi connectivity index (χ1v) is 14.8. The summed E-state index contributed by atoms with van der Waals surface area (Å²) in [5, 5.41) is 6.86. The predicted molar refractivity (Wildman–Crippen MR) is 170 cm³/mol. The van der Waals surface area contributed by atoms with E-state index in [1.807, 2.05) is 72.9 Å². The van der Waals surface area contributed by atoms with Gasteiger partial charge in [0.1, 0.15) is 17.2 Å². The highest BCUT2D eigenvalue weighted by Gasteiger charge is 2.39. The molecule has 0 radical (unpaired) electrons. The molecule has 2 unspecified atom stereocenters. The number of carbonyl (C=O) groups is 3. The van der Waals surface area contributed by atoms with Crippen LogP contribution in [0.5, 0.6) is 0 Å². The van der Waals surface area contributed by atoms with Crippen LogP contribution in [-0.4, -0.2) is 46.5 Å². The predicted octanol–water partition coefficient (Wildman–Crippen LogP) is 5.52. The Balaban J connectivity index is 1.62. The van der Waals surface area contributed by atoms with Crippen molar-refractivity contribution in [2.45, 2.75) is 70.6 Å². The Morgan fingerprint density at radius 2 is 1.51 bits per heavy atom. The number of unbranched alkanes of at least 4 members (excludes halogenated alkanes) is 1. The molecule has 0 saturated heterocycles. The fourth-order valence-corrected chi connectivity index (χ4v) is 5.04. The molecular weight excluding hydrogens is 540 g/mol. The molecule has 43 heavy (non-hydrogen) atoms. The largest absolute Gasteiger partial charge is 0.458 e. The van der Waals surface area contributed by atoms with Gasteiger partial charge in [-0.25, -0.2) is 4.79 Å². The normalized spacial score (nSPS) is 13.6. The molecule has 0 bridgehead atoms. The minimum atomic E-state index is -1.39. The third kappa shape index (κ3) is 8.32. The summed E-state index contributed by atoms with van der Waals surface area (Å²) < 4.78 is 5.63. The van der Waals surface area contributed by atoms with E-state index in [1.165, 1.54) is 0 Å². The topological polar surface area (TPSA) is 126 Å². The molecule has 0 saturated carbocycles. The van der Waals surface area contributed by atoms with E-state index in [0.29, 0.717) is 31.4 Å². The second kappa shape index (κ2) is 13.7. The number of hydrogen-bond acceptors (Lipinski definition) is 5. The zero-order valence-corrected chi connectivity index (χ0v) is 25.4. The first-order valence-electron chi connectivity index (χ1n) is 14.8. The average molecular weight is 583 g/mol. The lowest BCUT2D eigenvalue weighted by Gasteiger charge is -2.32. The van der Waals surface area contributed by atoms with Crippen LogP contribution >= 0.6 is 0 Å². The number of carbonyl (C=O) groups excluding carboxylic acids is 3. The fourth-order valence-electron chi connectivity index (χ4n) is 5.04. The van der Waals surface area contributed by atoms with E-state index < -0.39 is 35.0 Å². The van der Waals surface area contributed by atoms with Gasteiger partial charge in [0, 0.05) is 29.1 Å². The Morgan fingerprint density at radius 1 is 0.860 bits per heavy atom. The van der Waals surface area contributed by atoms with Gasteiger partial charge in [-0.15, -0.1) is 0 Å². The monoisotopic (exact) mass is 582 g/mol. The molecule has 8 nitrogen and oxygen atoms in total. The van der Waals surface area contributed by atoms with E-state index in [4.69, 9.17) is 10.5 Å². The minimum Gasteiger partial charge on any atom is -0.458 e. The molecule has 1 heterocycles. The van der Waals surface area contributed by atoms with Crippen LogP contribution in [0.4, 0.5) is 0 Å². The standard InChI is InChI=1S/C35H42N4O4/c1-34(2,3)43-32(41)30(16-10-11-21-36)38-33(42)35(4,22-27-23-37-29-15-9-8-14-28(27)29)39-31(40)26-19-17-25(18-20-26)24-12-6-5-7-13-24/h5-9,12-15,17-20,23,30,37H,10-11,16,21-22,36H2,1-4H3,(H,38,42)(H,39,40). The van der Waals surface area contributed by atoms with Gasteiger partial charge in [0.15, 0.2) is 0 Å². The van der Waals surface area contributed by atoms with E-state index >= 15 is 0 Å². The van der Waals surface area contributed by atoms with Crippen molar-refractivity contribution in [3.63, 3.8) is 0 Å². The summed E-state index contributed by atoms with van der Waals surface area (Å²) in [6, 6.07) is 24.1. The van der Waals surface area contributed by atoms with Gasteiger partial charge in [0.2, 0.25) is 5.91 Å². The van der Waals surface area contributed by atoms with Crippen molar-refractivity contribution < 1.29 is 19.1 Å². The molecule has 2 atom stereocenters. The number of H-pyrrole nitrogens is 1. The summed E-state index contributed by atoms with van der Waals surface area (Å²) in [6.45, 7) is 7.52. The average Bonchev–Trinajstić information content (AvgIpc) is 3.38. The van der Waals surface area contributed by atoms with E-state index in [2.05, 4.69) is 15.6 Å². The zero-order chi connectivity index (χ0) is 31.0. The van der Waals surface area contributed by atoms with Crippen LogP contribution in [-0.2, 0) is 20.7 Å². The number of aromatic amines is 1. The van der Waals surface area contributed by atoms with Gasteiger partial charge in [-0.05, 0) is 88.4 Å². The first kappa shape index (κ1) is 31.5. The molecule has 0 fully saturated rings. The maximum absolute atomic E-state index is 14.1. The third-order valence-electron chi connectivity index (χ3n) is 7.31. The van der Waals surface area contributed by atoms with E-state index in [1.54, 1.807) is 39.8 Å². The number of benzene rings is 3. The fraction of sp³-hybridized carbons (Fsp3) is 0.343. The highest BCUT2D eigenvalue weighted by atomic mass is 16.6. The molecule has 2 amide bonds. The number of nitrogens with one attached hydrogen (secondary N) is 3. The maximum Gasteiger partial charge on any atom is 0.329 e. The quantitative estimate of drug-likeness (QED) is 0.129. The summed E-state index contributed by atoms with van der Waals surface area (Å²) in [5.74, 6) is -1.39. The summed E-state index contributed by atoms with van der Waals surface area (Å²) in [6.07, 6.45) is 3.76. The van der Waals surface area contributed by atoms with Gasteiger partial charge in [0.05, 0.1) is 0 Å². The Labute approximate surface area is 253 Å². The van der Waals surface area contributed by atoms with Crippen LogP contribution in [0.3, 0.4) is 0 Å². The molecule has 0 aliphatic heterocycles. The van der Waals surface area contributed by atoms with Crippen LogP contribution < -0.4 is 16.4 Å². The van der Waals surface area contributed by atoms with E-state index in [0.717, 1.165) is 27.6 Å². The van der Waals surface area contributed by atoms with Crippen LogP contribution in [0.25, 0.3) is 22.0 Å². The van der Waals surface area contributed by atoms with Gasteiger partial charge >= 0.3 is 5.97 Å². The number of rotatable bonds is 12. The molecule has 3 aromatic carbocycles. The van der Waals surface area contributed by atoms with Gasteiger partial charge in [-0.3, -0.25) is 9.59 Å². The Bertz CT molecular complexity index is 1540. The van der Waals surface area contributed by atoms with Gasteiger partial charge < -0.3 is 26.1 Å². The van der Waals surface area contributed by atoms with Crippen molar-refractivity contribution in [2.24, 2.45) is 5.73 Å². The van der Waals surface area contributed by atoms with Crippen molar-refractivity contribution in [1.82, 2.24) is 15.6 Å². The van der Waals surface area contributed by atoms with Crippen LogP contribution in [0.2, 0.25) is 0 Å². The Hall–Kier alpha value is -4.43. The summed E-state index contributed by atoms with van der Waals surface area (Å²) in [4.78, 5) is 44.1. The van der Waals surface area contributed by atoms with Gasteiger partial charge in [0.25, 0.3) is 5.91 Å². The number of esters is 1. The van der Waals surface area contributed by atoms with E-state index in [9.17, 15) is 14.4 Å². The molecule has 0 aliphatic rings. The molecule has 0 aliphatic carbocycles. The molecule has 8 heteroatoms. The Morgan fingerprint density at radius 3 is 2.19 bits per heavy atom. The van der Waals surface area contributed by atoms with Gasteiger partial charge in [-0.1, -0.05) is 60.7 Å². The third-order valence-corrected chi connectivity index (χ3v) is 7.31. The highest BCUT2D eigenvalue weighted by Crippen LogP contribution is 2.25. The lowest BCUT2D eigenvalue weighted by Crippen LogP contribution is -2.61. The Kier molecular flexibility index (Phi) is 10.0.